The number of amides is 4. The second kappa shape index (κ2) is 11.4. The number of imide groups is 2. The molecule has 0 bridgehead atoms. The molecule has 1 N–H and O–H groups in total. The normalized spacial score (nSPS) is 28.8. The predicted octanol–water partition coefficient (Wildman–Crippen LogP) is 5.87. The number of methoxy groups -OCH3 is 2. The molecular formula is C34H23Cl2F5N2O7. The highest BCUT2D eigenvalue weighted by molar-refractivity contribution is 6.58. The lowest BCUT2D eigenvalue weighted by atomic mass is 9.56. The number of alkyl halides is 2. The molecule has 0 spiro atoms. The number of para-hydroxylation sites is 1. The Balaban J connectivity index is 1.48. The number of hydrogen-bond acceptors (Lipinski definition) is 7. The highest BCUT2D eigenvalue weighted by Gasteiger charge is 2.77. The Morgan fingerprint density at radius 1 is 0.800 bits per heavy atom. The second-order valence-corrected chi connectivity index (χ2v) is 13.5. The van der Waals surface area contributed by atoms with Gasteiger partial charge in [-0.05, 0) is 30.9 Å². The van der Waals surface area contributed by atoms with E-state index in [1.807, 2.05) is 0 Å². The Bertz CT molecular complexity index is 2060. The summed E-state index contributed by atoms with van der Waals surface area (Å²) in [4.78, 5) is 51.8. The van der Waals surface area contributed by atoms with Crippen molar-refractivity contribution in [3.63, 3.8) is 0 Å². The number of anilines is 2. The Kier molecular flexibility index (Phi) is 7.72. The van der Waals surface area contributed by atoms with Gasteiger partial charge in [-0.2, -0.15) is 0 Å². The molecule has 2 aliphatic heterocycles. The van der Waals surface area contributed by atoms with Gasteiger partial charge in [0.05, 0.1) is 31.7 Å². The van der Waals surface area contributed by atoms with Gasteiger partial charge in [-0.15, -0.1) is 23.2 Å². The van der Waals surface area contributed by atoms with Crippen molar-refractivity contribution in [2.75, 3.05) is 24.0 Å². The maximum atomic E-state index is 15.3. The number of hydrogen-bond donors (Lipinski definition) is 1. The van der Waals surface area contributed by atoms with E-state index in [4.69, 9.17) is 32.7 Å². The summed E-state index contributed by atoms with van der Waals surface area (Å²) in [7, 11) is 2.47. The van der Waals surface area contributed by atoms with Crippen LogP contribution in [0.15, 0.2) is 54.1 Å². The Hall–Kier alpha value is -4.69. The molecule has 0 radical (unpaired) electrons. The minimum atomic E-state index is -2.84. The summed E-state index contributed by atoms with van der Waals surface area (Å²) in [5, 5.41) is 11.4. The third kappa shape index (κ3) is 4.17. The molecule has 16 heteroatoms. The van der Waals surface area contributed by atoms with Crippen molar-refractivity contribution < 1.29 is 55.7 Å². The lowest BCUT2D eigenvalue weighted by molar-refractivity contribution is -0.125. The average molecular weight is 737 g/mol. The molecule has 7 rings (SSSR count). The van der Waals surface area contributed by atoms with Gasteiger partial charge in [0.15, 0.2) is 33.0 Å². The van der Waals surface area contributed by atoms with E-state index in [0.717, 1.165) is 11.0 Å². The molecule has 2 heterocycles. The first-order valence-electron chi connectivity index (χ1n) is 15.0. The zero-order chi connectivity index (χ0) is 36.2. The van der Waals surface area contributed by atoms with Crippen LogP contribution >= 0.6 is 23.2 Å². The summed E-state index contributed by atoms with van der Waals surface area (Å²) in [6.07, 6.45) is 0.740. The Morgan fingerprint density at radius 2 is 1.42 bits per heavy atom. The van der Waals surface area contributed by atoms with E-state index in [9.17, 15) is 37.5 Å². The van der Waals surface area contributed by atoms with E-state index < -0.39 is 104 Å². The fourth-order valence-electron chi connectivity index (χ4n) is 7.88. The van der Waals surface area contributed by atoms with Crippen LogP contribution in [0.3, 0.4) is 0 Å². The van der Waals surface area contributed by atoms with E-state index in [0.29, 0.717) is 0 Å². The highest BCUT2D eigenvalue weighted by atomic mass is 35.5. The molecular weight excluding hydrogens is 714 g/mol. The van der Waals surface area contributed by atoms with Gasteiger partial charge in [0.25, 0.3) is 11.8 Å². The van der Waals surface area contributed by atoms with Crippen molar-refractivity contribution in [1.82, 2.24) is 0 Å². The number of phenols is 1. The van der Waals surface area contributed by atoms with Crippen LogP contribution in [-0.4, -0.2) is 52.7 Å². The monoisotopic (exact) mass is 736 g/mol. The summed E-state index contributed by atoms with van der Waals surface area (Å²) in [5.41, 5.74) is -1.77. The maximum absolute atomic E-state index is 15.3. The van der Waals surface area contributed by atoms with Crippen molar-refractivity contribution in [3.05, 3.63) is 88.8 Å². The number of fused-ring (bicyclic) bond motifs is 4. The molecule has 3 aromatic carbocycles. The van der Waals surface area contributed by atoms with Crippen LogP contribution in [0.1, 0.15) is 24.3 Å². The van der Waals surface area contributed by atoms with Gasteiger partial charge in [0, 0.05) is 23.6 Å². The first kappa shape index (κ1) is 33.8. The maximum Gasteiger partial charge on any atom is 0.258 e. The molecule has 260 valence electrons. The molecule has 1 saturated carbocycles. The standard InChI is InChI=1S/C34H23Cl2F5N2O7/c1-49-14-10-18(44)21(19(11-14)50-2)22-15-8-9-16-20(30(46)42(29(16)45)13-6-4-3-5-7-13)17(15)12-33(35)31(47)43(32(48)34(22,33)36)28-26(40)24(38)23(37)25(39)27(28)41/h3-8,10-11,16-17,20,22,44H,9,12H2,1-2H3/t16-,17+,20-,22+,33+,34-/m0/s1. The Morgan fingerprint density at radius 3 is 2.02 bits per heavy atom. The third-order valence-corrected chi connectivity index (χ3v) is 11.5. The van der Waals surface area contributed by atoms with Gasteiger partial charge in [0.2, 0.25) is 17.6 Å². The van der Waals surface area contributed by atoms with Gasteiger partial charge < -0.3 is 14.6 Å². The van der Waals surface area contributed by atoms with E-state index in [-0.39, 0.29) is 39.6 Å². The van der Waals surface area contributed by atoms with E-state index >= 15 is 8.78 Å². The number of phenolic OH excluding ortho intramolecular Hbond substituents is 1. The lowest BCUT2D eigenvalue weighted by Crippen LogP contribution is -2.60. The number of halogens is 7. The van der Waals surface area contributed by atoms with Gasteiger partial charge in [-0.1, -0.05) is 29.8 Å². The van der Waals surface area contributed by atoms with Crippen molar-refractivity contribution in [2.24, 2.45) is 17.8 Å². The molecule has 9 nitrogen and oxygen atoms in total. The van der Waals surface area contributed by atoms with Crippen LogP contribution in [0.4, 0.5) is 33.3 Å². The van der Waals surface area contributed by atoms with Crippen molar-refractivity contribution >= 4 is 58.2 Å². The minimum absolute atomic E-state index is 0.0702. The number of carbonyl (C=O) groups excluding carboxylic acids is 4. The van der Waals surface area contributed by atoms with Crippen LogP contribution in [0.2, 0.25) is 0 Å². The fourth-order valence-corrected chi connectivity index (χ4v) is 8.80. The smallest absolute Gasteiger partial charge is 0.258 e. The quantitative estimate of drug-likeness (QED) is 0.0871. The molecule has 3 aromatic rings. The summed E-state index contributed by atoms with van der Waals surface area (Å²) < 4.78 is 84.2. The number of carbonyl (C=O) groups is 4. The minimum Gasteiger partial charge on any atom is -0.507 e. The molecule has 4 amide bonds. The number of ether oxygens (including phenoxy) is 2. The van der Waals surface area contributed by atoms with Crippen LogP contribution in [0.25, 0.3) is 0 Å². The molecule has 2 aliphatic carbocycles. The zero-order valence-corrected chi connectivity index (χ0v) is 27.3. The predicted molar refractivity (Wildman–Crippen MR) is 167 cm³/mol. The number of allylic oxidation sites excluding steroid dienone is 2. The lowest BCUT2D eigenvalue weighted by Gasteiger charge is -2.50. The summed E-state index contributed by atoms with van der Waals surface area (Å²) in [6, 6.07) is 10.4. The first-order valence-corrected chi connectivity index (χ1v) is 15.8. The molecule has 4 aliphatic rings. The van der Waals surface area contributed by atoms with Crippen LogP contribution < -0.4 is 19.3 Å². The first-order chi connectivity index (χ1) is 23.6. The molecule has 6 atom stereocenters. The van der Waals surface area contributed by atoms with Crippen molar-refractivity contribution in [3.8, 4) is 17.2 Å². The largest absolute Gasteiger partial charge is 0.507 e. The topological polar surface area (TPSA) is 113 Å². The van der Waals surface area contributed by atoms with Gasteiger partial charge >= 0.3 is 0 Å². The van der Waals surface area contributed by atoms with Crippen LogP contribution in [0.5, 0.6) is 17.2 Å². The van der Waals surface area contributed by atoms with E-state index in [2.05, 4.69) is 0 Å². The van der Waals surface area contributed by atoms with E-state index in [1.54, 1.807) is 30.3 Å². The summed E-state index contributed by atoms with van der Waals surface area (Å²) >= 11 is 14.3. The molecule has 0 unspecified atom stereocenters. The van der Waals surface area contributed by atoms with Crippen molar-refractivity contribution in [1.29, 1.82) is 0 Å². The molecule has 2 saturated heterocycles. The third-order valence-electron chi connectivity index (χ3n) is 10.1. The highest BCUT2D eigenvalue weighted by Crippen LogP contribution is 2.67. The zero-order valence-electron chi connectivity index (χ0n) is 25.8. The summed E-state index contributed by atoms with van der Waals surface area (Å²) in [5.74, 6) is -22.8. The van der Waals surface area contributed by atoms with Crippen molar-refractivity contribution in [2.45, 2.75) is 28.5 Å². The molecule has 0 aromatic heterocycles. The number of rotatable bonds is 5. The van der Waals surface area contributed by atoms with E-state index in [1.165, 1.54) is 26.4 Å². The van der Waals surface area contributed by atoms with Gasteiger partial charge in [0.1, 0.15) is 22.9 Å². The molecule has 50 heavy (non-hydrogen) atoms. The van der Waals surface area contributed by atoms with Crippen LogP contribution in [0, 0.1) is 46.8 Å². The Labute approximate surface area is 289 Å². The number of benzene rings is 3. The fraction of sp³-hybridized carbons (Fsp3) is 0.294. The van der Waals surface area contributed by atoms with Gasteiger partial charge in [-0.25, -0.2) is 26.9 Å². The summed E-state index contributed by atoms with van der Waals surface area (Å²) in [6.45, 7) is 0. The average Bonchev–Trinajstić information content (AvgIpc) is 3.45. The SMILES string of the molecule is COc1cc(O)c([C@H]2C3=CC[C@@H]4C(=O)N(c5ccccc5)C(=O)[C@@H]4[C@@H]3C[C@@]3(Cl)C(=O)N(c4c(F)c(F)c(F)c(F)c4F)C(=O)[C@@]23Cl)c(OC)c1. The van der Waals surface area contributed by atoms with Gasteiger partial charge in [-0.3, -0.25) is 24.1 Å². The number of aromatic hydroxyl groups is 1. The number of nitrogens with zero attached hydrogens (tertiary/aromatic N) is 2. The second-order valence-electron chi connectivity index (χ2n) is 12.3. The molecule has 3 fully saturated rings. The van der Waals surface area contributed by atoms with Crippen LogP contribution in [-0.2, 0) is 19.2 Å².